The molecular weight excluding hydrogens is 330 g/mol. The summed E-state index contributed by atoms with van der Waals surface area (Å²) in [6.45, 7) is 3.44. The minimum absolute atomic E-state index is 0. The SMILES string of the molecule is CC(O)CNCCOc1cccc2oc(=O)c3c(c12)CCCC3.Cl. The zero-order valence-corrected chi connectivity index (χ0v) is 14.7. The average Bonchev–Trinajstić information content (AvgIpc) is 2.54. The van der Waals surface area contributed by atoms with Gasteiger partial charge in [0.1, 0.15) is 17.9 Å². The van der Waals surface area contributed by atoms with Crippen LogP contribution in [0.5, 0.6) is 5.75 Å². The smallest absolute Gasteiger partial charge is 0.339 e. The monoisotopic (exact) mass is 353 g/mol. The van der Waals surface area contributed by atoms with Gasteiger partial charge in [-0.25, -0.2) is 4.79 Å². The molecular formula is C18H24ClNO4. The van der Waals surface area contributed by atoms with E-state index >= 15 is 0 Å². The van der Waals surface area contributed by atoms with Gasteiger partial charge in [-0.1, -0.05) is 6.07 Å². The lowest BCUT2D eigenvalue weighted by Gasteiger charge is -2.18. The van der Waals surface area contributed by atoms with Crippen molar-refractivity contribution in [1.29, 1.82) is 0 Å². The van der Waals surface area contributed by atoms with Crippen LogP contribution in [0, 0.1) is 0 Å². The first-order valence-electron chi connectivity index (χ1n) is 8.26. The summed E-state index contributed by atoms with van der Waals surface area (Å²) in [5.41, 5.74) is 2.30. The first-order chi connectivity index (χ1) is 11.2. The predicted octanol–water partition coefficient (Wildman–Crippen LogP) is 2.44. The third-order valence-electron chi connectivity index (χ3n) is 4.18. The third kappa shape index (κ3) is 4.09. The summed E-state index contributed by atoms with van der Waals surface area (Å²) in [6, 6.07) is 5.59. The van der Waals surface area contributed by atoms with E-state index in [4.69, 9.17) is 9.15 Å². The molecule has 1 aliphatic carbocycles. The molecule has 1 aliphatic rings. The number of halogens is 1. The van der Waals surface area contributed by atoms with Crippen LogP contribution in [0.25, 0.3) is 11.0 Å². The standard InChI is InChI=1S/C18H23NO4.ClH/c1-12(20)11-19-9-10-22-15-7-4-8-16-17(15)13-5-2-3-6-14(13)18(21)23-16;/h4,7-8,12,19-20H,2-3,5-6,9-11H2,1H3;1H. The van der Waals surface area contributed by atoms with Crippen molar-refractivity contribution in [2.45, 2.75) is 38.7 Å². The maximum Gasteiger partial charge on any atom is 0.339 e. The van der Waals surface area contributed by atoms with E-state index in [1.165, 1.54) is 0 Å². The van der Waals surface area contributed by atoms with Crippen LogP contribution in [-0.2, 0) is 12.8 Å². The molecule has 1 atom stereocenters. The highest BCUT2D eigenvalue weighted by Gasteiger charge is 2.20. The molecule has 132 valence electrons. The summed E-state index contributed by atoms with van der Waals surface area (Å²) in [6.07, 6.45) is 3.45. The summed E-state index contributed by atoms with van der Waals surface area (Å²) in [5.74, 6) is 0.767. The molecule has 24 heavy (non-hydrogen) atoms. The largest absolute Gasteiger partial charge is 0.491 e. The van der Waals surface area contributed by atoms with Gasteiger partial charge in [0.05, 0.1) is 11.5 Å². The van der Waals surface area contributed by atoms with Crippen LogP contribution in [0.1, 0.15) is 30.9 Å². The number of rotatable bonds is 6. The minimum Gasteiger partial charge on any atom is -0.491 e. The van der Waals surface area contributed by atoms with E-state index in [1.807, 2.05) is 18.2 Å². The highest BCUT2D eigenvalue weighted by molar-refractivity contribution is 5.88. The Balaban J connectivity index is 0.00000208. The number of aryl methyl sites for hydroxylation is 1. The van der Waals surface area contributed by atoms with Gasteiger partial charge in [0.2, 0.25) is 0 Å². The van der Waals surface area contributed by atoms with Gasteiger partial charge < -0.3 is 19.6 Å². The Hall–Kier alpha value is -1.56. The molecule has 0 fully saturated rings. The molecule has 1 aromatic heterocycles. The van der Waals surface area contributed by atoms with Crippen LogP contribution in [0.2, 0.25) is 0 Å². The Bertz CT molecular complexity index is 742. The Labute approximate surface area is 147 Å². The molecule has 1 unspecified atom stereocenters. The minimum atomic E-state index is -0.367. The number of hydrogen-bond donors (Lipinski definition) is 2. The molecule has 5 nitrogen and oxygen atoms in total. The number of aliphatic hydroxyl groups excluding tert-OH is 1. The van der Waals surface area contributed by atoms with Gasteiger partial charge in [-0.15, -0.1) is 12.4 Å². The molecule has 0 bridgehead atoms. The Morgan fingerprint density at radius 1 is 1.29 bits per heavy atom. The van der Waals surface area contributed by atoms with Crippen LogP contribution >= 0.6 is 12.4 Å². The van der Waals surface area contributed by atoms with Crippen molar-refractivity contribution < 1.29 is 14.3 Å². The Morgan fingerprint density at radius 3 is 2.79 bits per heavy atom. The van der Waals surface area contributed by atoms with E-state index in [9.17, 15) is 9.90 Å². The van der Waals surface area contributed by atoms with Gasteiger partial charge in [0.25, 0.3) is 0 Å². The molecule has 2 aromatic rings. The topological polar surface area (TPSA) is 71.7 Å². The van der Waals surface area contributed by atoms with Crippen LogP contribution < -0.4 is 15.7 Å². The first-order valence-corrected chi connectivity index (χ1v) is 8.26. The molecule has 1 aromatic carbocycles. The van der Waals surface area contributed by atoms with E-state index < -0.39 is 0 Å². The highest BCUT2D eigenvalue weighted by atomic mass is 35.5. The molecule has 0 saturated carbocycles. The lowest BCUT2D eigenvalue weighted by Crippen LogP contribution is -2.28. The molecule has 6 heteroatoms. The number of nitrogens with one attached hydrogen (secondary N) is 1. The van der Waals surface area contributed by atoms with Gasteiger partial charge in [-0.2, -0.15) is 0 Å². The van der Waals surface area contributed by atoms with Crippen LogP contribution in [0.15, 0.2) is 27.4 Å². The fourth-order valence-electron chi connectivity index (χ4n) is 3.13. The van der Waals surface area contributed by atoms with Crippen molar-refractivity contribution in [3.8, 4) is 5.75 Å². The number of aliphatic hydroxyl groups is 1. The summed E-state index contributed by atoms with van der Waals surface area (Å²) < 4.78 is 11.4. The quantitative estimate of drug-likeness (QED) is 0.616. The molecule has 1 heterocycles. The zero-order valence-electron chi connectivity index (χ0n) is 13.8. The van der Waals surface area contributed by atoms with Crippen LogP contribution in [0.4, 0.5) is 0 Å². The Morgan fingerprint density at radius 2 is 2.04 bits per heavy atom. The van der Waals surface area contributed by atoms with Crippen molar-refractivity contribution in [2.75, 3.05) is 19.7 Å². The van der Waals surface area contributed by atoms with Crippen LogP contribution in [0.3, 0.4) is 0 Å². The van der Waals surface area contributed by atoms with E-state index in [1.54, 1.807) is 6.92 Å². The maximum absolute atomic E-state index is 12.1. The molecule has 3 rings (SSSR count). The summed E-state index contributed by atoms with van der Waals surface area (Å²) >= 11 is 0. The van der Waals surface area contributed by atoms with Gasteiger partial charge in [0, 0.05) is 18.7 Å². The molecule has 0 spiro atoms. The van der Waals surface area contributed by atoms with Crippen molar-refractivity contribution in [3.63, 3.8) is 0 Å². The van der Waals surface area contributed by atoms with Crippen molar-refractivity contribution in [3.05, 3.63) is 39.7 Å². The summed E-state index contributed by atoms with van der Waals surface area (Å²) in [5, 5.41) is 13.3. The Kier molecular flexibility index (Phi) is 6.66. The van der Waals surface area contributed by atoms with Gasteiger partial charge in [-0.05, 0) is 50.3 Å². The van der Waals surface area contributed by atoms with Gasteiger partial charge in [0.15, 0.2) is 0 Å². The number of fused-ring (bicyclic) bond motifs is 3. The average molecular weight is 354 g/mol. The second-order valence-corrected chi connectivity index (χ2v) is 6.08. The third-order valence-corrected chi connectivity index (χ3v) is 4.18. The van der Waals surface area contributed by atoms with Crippen molar-refractivity contribution in [2.24, 2.45) is 0 Å². The maximum atomic E-state index is 12.1. The lowest BCUT2D eigenvalue weighted by atomic mass is 9.90. The molecule has 0 saturated heterocycles. The normalized spacial score (nSPS) is 14.8. The van der Waals surface area contributed by atoms with Crippen molar-refractivity contribution >= 4 is 23.4 Å². The molecule has 0 aliphatic heterocycles. The fourth-order valence-corrected chi connectivity index (χ4v) is 3.13. The highest BCUT2D eigenvalue weighted by Crippen LogP contribution is 2.33. The number of benzene rings is 1. The van der Waals surface area contributed by atoms with Crippen LogP contribution in [-0.4, -0.2) is 30.9 Å². The molecule has 2 N–H and O–H groups in total. The predicted molar refractivity (Wildman–Crippen MR) is 96.4 cm³/mol. The number of ether oxygens (including phenoxy) is 1. The summed E-state index contributed by atoms with van der Waals surface area (Å²) in [4.78, 5) is 12.1. The molecule has 0 amide bonds. The van der Waals surface area contributed by atoms with Gasteiger partial charge in [-0.3, -0.25) is 0 Å². The van der Waals surface area contributed by atoms with E-state index in [-0.39, 0.29) is 24.1 Å². The van der Waals surface area contributed by atoms with Crippen molar-refractivity contribution in [1.82, 2.24) is 5.32 Å². The lowest BCUT2D eigenvalue weighted by molar-refractivity contribution is 0.188. The summed E-state index contributed by atoms with van der Waals surface area (Å²) in [7, 11) is 0. The zero-order chi connectivity index (χ0) is 16.2. The van der Waals surface area contributed by atoms with E-state index in [0.717, 1.165) is 47.9 Å². The number of hydrogen-bond acceptors (Lipinski definition) is 5. The first kappa shape index (κ1) is 18.8. The van der Waals surface area contributed by atoms with E-state index in [2.05, 4.69) is 5.32 Å². The van der Waals surface area contributed by atoms with E-state index in [0.29, 0.717) is 25.3 Å². The fraction of sp³-hybridized carbons (Fsp3) is 0.500. The molecule has 0 radical (unpaired) electrons. The second kappa shape index (κ2) is 8.51. The van der Waals surface area contributed by atoms with Gasteiger partial charge >= 0.3 is 5.63 Å². The second-order valence-electron chi connectivity index (χ2n) is 6.08.